The number of hydrogen-bond donors (Lipinski definition) is 1. The second kappa shape index (κ2) is 4.83. The molecule has 0 amide bonds. The van der Waals surface area contributed by atoms with E-state index in [4.69, 9.17) is 0 Å². The second-order valence-electron chi connectivity index (χ2n) is 3.68. The third-order valence-electron chi connectivity index (χ3n) is 2.55. The maximum absolute atomic E-state index is 4.30. The fraction of sp³-hybridized carbons (Fsp3) is 0.455. The number of hydrogen-bond acceptors (Lipinski definition) is 3. The van der Waals surface area contributed by atoms with Crippen LogP contribution < -0.4 is 5.32 Å². The Labute approximate surface area is 95.1 Å². The number of rotatable bonds is 5. The number of aryl methyl sites for hydroxylation is 3. The molecule has 0 radical (unpaired) electrons. The van der Waals surface area contributed by atoms with Crippen LogP contribution in [0, 0.1) is 0 Å². The SMILES string of the molecule is CCNc1nccn1CCc1nccn1C. The van der Waals surface area contributed by atoms with Gasteiger partial charge in [0.05, 0.1) is 0 Å². The van der Waals surface area contributed by atoms with E-state index in [0.29, 0.717) is 0 Å². The lowest BCUT2D eigenvalue weighted by Crippen LogP contribution is -2.09. The zero-order valence-electron chi connectivity index (χ0n) is 9.72. The topological polar surface area (TPSA) is 47.7 Å². The molecule has 0 bridgehead atoms. The summed E-state index contributed by atoms with van der Waals surface area (Å²) >= 11 is 0. The first kappa shape index (κ1) is 10.7. The molecule has 0 saturated heterocycles. The van der Waals surface area contributed by atoms with Crippen molar-refractivity contribution >= 4 is 5.95 Å². The van der Waals surface area contributed by atoms with Gasteiger partial charge in [-0.3, -0.25) is 0 Å². The second-order valence-corrected chi connectivity index (χ2v) is 3.68. The summed E-state index contributed by atoms with van der Waals surface area (Å²) in [5.41, 5.74) is 0. The minimum absolute atomic E-state index is 0.888. The number of nitrogens with zero attached hydrogens (tertiary/aromatic N) is 4. The van der Waals surface area contributed by atoms with Gasteiger partial charge in [-0.25, -0.2) is 9.97 Å². The van der Waals surface area contributed by atoms with Crippen LogP contribution in [0.2, 0.25) is 0 Å². The van der Waals surface area contributed by atoms with Crippen molar-refractivity contribution in [3.63, 3.8) is 0 Å². The van der Waals surface area contributed by atoms with E-state index in [2.05, 4.69) is 26.8 Å². The van der Waals surface area contributed by atoms with Gasteiger partial charge in [-0.05, 0) is 6.92 Å². The van der Waals surface area contributed by atoms with Crippen molar-refractivity contribution in [3.8, 4) is 0 Å². The molecular weight excluding hydrogens is 202 g/mol. The highest BCUT2D eigenvalue weighted by atomic mass is 15.2. The Bertz CT molecular complexity index is 443. The van der Waals surface area contributed by atoms with E-state index in [1.807, 2.05) is 36.4 Å². The van der Waals surface area contributed by atoms with Gasteiger partial charge in [0, 0.05) is 51.3 Å². The minimum Gasteiger partial charge on any atom is -0.356 e. The summed E-state index contributed by atoms with van der Waals surface area (Å²) in [5, 5.41) is 3.23. The molecule has 0 aliphatic rings. The molecular formula is C11H17N5. The smallest absolute Gasteiger partial charge is 0.202 e. The molecule has 2 aromatic rings. The van der Waals surface area contributed by atoms with Gasteiger partial charge in [0.2, 0.25) is 5.95 Å². The van der Waals surface area contributed by atoms with E-state index in [1.165, 1.54) is 0 Å². The Hall–Kier alpha value is -1.78. The summed E-state index contributed by atoms with van der Waals surface area (Å²) in [6, 6.07) is 0. The van der Waals surface area contributed by atoms with E-state index in [9.17, 15) is 0 Å². The summed E-state index contributed by atoms with van der Waals surface area (Å²) in [4.78, 5) is 8.55. The molecule has 0 aromatic carbocycles. The van der Waals surface area contributed by atoms with Crippen LogP contribution in [0.15, 0.2) is 24.8 Å². The van der Waals surface area contributed by atoms with Gasteiger partial charge in [-0.2, -0.15) is 0 Å². The first-order valence-corrected chi connectivity index (χ1v) is 5.52. The number of nitrogens with one attached hydrogen (secondary N) is 1. The summed E-state index contributed by atoms with van der Waals surface area (Å²) in [5.74, 6) is 2.02. The van der Waals surface area contributed by atoms with Crippen LogP contribution in [0.5, 0.6) is 0 Å². The fourth-order valence-corrected chi connectivity index (χ4v) is 1.67. The van der Waals surface area contributed by atoms with Crippen LogP contribution >= 0.6 is 0 Å². The molecule has 16 heavy (non-hydrogen) atoms. The van der Waals surface area contributed by atoms with Gasteiger partial charge in [0.25, 0.3) is 0 Å². The van der Waals surface area contributed by atoms with Crippen molar-refractivity contribution in [1.82, 2.24) is 19.1 Å². The third-order valence-corrected chi connectivity index (χ3v) is 2.55. The van der Waals surface area contributed by atoms with Gasteiger partial charge >= 0.3 is 0 Å². The number of imidazole rings is 2. The van der Waals surface area contributed by atoms with Crippen LogP contribution in [-0.4, -0.2) is 25.6 Å². The van der Waals surface area contributed by atoms with E-state index >= 15 is 0 Å². The summed E-state index contributed by atoms with van der Waals surface area (Å²) in [6.45, 7) is 3.85. The molecule has 2 aromatic heterocycles. The maximum atomic E-state index is 4.30. The summed E-state index contributed by atoms with van der Waals surface area (Å²) < 4.78 is 4.15. The Balaban J connectivity index is 1.99. The average molecular weight is 219 g/mol. The lowest BCUT2D eigenvalue weighted by molar-refractivity contribution is 0.654. The first-order valence-electron chi connectivity index (χ1n) is 5.52. The van der Waals surface area contributed by atoms with Crippen LogP contribution in [0.3, 0.4) is 0 Å². The highest BCUT2D eigenvalue weighted by Gasteiger charge is 2.03. The van der Waals surface area contributed by atoms with Gasteiger partial charge in [0.15, 0.2) is 0 Å². The maximum Gasteiger partial charge on any atom is 0.202 e. The molecule has 86 valence electrons. The van der Waals surface area contributed by atoms with E-state index in [0.717, 1.165) is 31.3 Å². The monoisotopic (exact) mass is 219 g/mol. The van der Waals surface area contributed by atoms with E-state index in [-0.39, 0.29) is 0 Å². The van der Waals surface area contributed by atoms with Crippen LogP contribution in [0.4, 0.5) is 5.95 Å². The van der Waals surface area contributed by atoms with Crippen LogP contribution in [0.25, 0.3) is 0 Å². The molecule has 0 atom stereocenters. The molecule has 2 heterocycles. The Morgan fingerprint density at radius 3 is 2.75 bits per heavy atom. The molecule has 0 aliphatic carbocycles. The molecule has 5 heteroatoms. The van der Waals surface area contributed by atoms with E-state index < -0.39 is 0 Å². The molecule has 0 saturated carbocycles. The van der Waals surface area contributed by atoms with Crippen molar-refractivity contribution in [2.24, 2.45) is 7.05 Å². The zero-order valence-corrected chi connectivity index (χ0v) is 9.72. The average Bonchev–Trinajstić information content (AvgIpc) is 2.86. The zero-order chi connectivity index (χ0) is 11.4. The molecule has 0 aliphatic heterocycles. The van der Waals surface area contributed by atoms with Crippen LogP contribution in [0.1, 0.15) is 12.7 Å². The molecule has 0 fully saturated rings. The van der Waals surface area contributed by atoms with Crippen molar-refractivity contribution < 1.29 is 0 Å². The molecule has 0 spiro atoms. The molecule has 5 nitrogen and oxygen atoms in total. The number of aromatic nitrogens is 4. The van der Waals surface area contributed by atoms with Gasteiger partial charge < -0.3 is 14.5 Å². The normalized spacial score (nSPS) is 10.6. The van der Waals surface area contributed by atoms with Gasteiger partial charge in [-0.15, -0.1) is 0 Å². The summed E-state index contributed by atoms with van der Waals surface area (Å²) in [7, 11) is 2.02. The standard InChI is InChI=1S/C11H17N5/c1-3-12-11-14-6-9-16(11)7-4-10-13-5-8-15(10)2/h5-6,8-9H,3-4,7H2,1-2H3,(H,12,14). The molecule has 1 N–H and O–H groups in total. The van der Waals surface area contributed by atoms with Crippen LogP contribution in [-0.2, 0) is 20.0 Å². The Morgan fingerprint density at radius 1 is 1.25 bits per heavy atom. The lowest BCUT2D eigenvalue weighted by Gasteiger charge is -2.08. The highest BCUT2D eigenvalue weighted by molar-refractivity contribution is 5.25. The van der Waals surface area contributed by atoms with Crippen molar-refractivity contribution in [3.05, 3.63) is 30.6 Å². The third kappa shape index (κ3) is 2.24. The predicted molar refractivity (Wildman–Crippen MR) is 63.3 cm³/mol. The largest absolute Gasteiger partial charge is 0.356 e. The summed E-state index contributed by atoms with van der Waals surface area (Å²) in [6.07, 6.45) is 8.51. The molecule has 2 rings (SSSR count). The van der Waals surface area contributed by atoms with Crippen molar-refractivity contribution in [1.29, 1.82) is 0 Å². The van der Waals surface area contributed by atoms with Crippen molar-refractivity contribution in [2.45, 2.75) is 19.9 Å². The Kier molecular flexibility index (Phi) is 3.24. The quantitative estimate of drug-likeness (QED) is 0.824. The fourth-order valence-electron chi connectivity index (χ4n) is 1.67. The lowest BCUT2D eigenvalue weighted by atomic mass is 10.4. The van der Waals surface area contributed by atoms with Crippen molar-refractivity contribution in [2.75, 3.05) is 11.9 Å². The minimum atomic E-state index is 0.888. The Morgan fingerprint density at radius 2 is 2.06 bits per heavy atom. The molecule has 0 unspecified atom stereocenters. The number of anilines is 1. The highest BCUT2D eigenvalue weighted by Crippen LogP contribution is 2.06. The van der Waals surface area contributed by atoms with Gasteiger partial charge in [0.1, 0.15) is 5.82 Å². The first-order chi connectivity index (χ1) is 7.81. The van der Waals surface area contributed by atoms with E-state index in [1.54, 1.807) is 0 Å². The van der Waals surface area contributed by atoms with Gasteiger partial charge in [-0.1, -0.05) is 0 Å². The predicted octanol–water partition coefficient (Wildman–Crippen LogP) is 1.29.